The van der Waals surface area contributed by atoms with Gasteiger partial charge in [0.2, 0.25) is 0 Å². The van der Waals surface area contributed by atoms with E-state index in [1.165, 1.54) is 6.07 Å². The molecule has 0 bridgehead atoms. The highest BCUT2D eigenvalue weighted by Crippen LogP contribution is 2.40. The molecule has 1 N–H and O–H groups in total. The molecule has 168 valence electrons. The molecular weight excluding hydrogens is 418 g/mol. The SMILES string of the molecule is CCCCc1cc(=O)oc2cc(OCC(=O)N3CCC4(O)CCCCC4C3)c(Cl)cc12. The number of amides is 1. The van der Waals surface area contributed by atoms with Crippen LogP contribution in [0.25, 0.3) is 11.0 Å². The van der Waals surface area contributed by atoms with E-state index in [1.807, 2.05) is 0 Å². The third-order valence-electron chi connectivity index (χ3n) is 6.81. The van der Waals surface area contributed by atoms with E-state index in [9.17, 15) is 14.7 Å². The quantitative estimate of drug-likeness (QED) is 0.667. The van der Waals surface area contributed by atoms with Gasteiger partial charge in [0.05, 0.1) is 10.6 Å². The average Bonchev–Trinajstić information content (AvgIpc) is 2.75. The number of aliphatic hydroxyl groups is 1. The standard InChI is InChI=1S/C24H30ClNO5/c1-2-3-6-16-11-23(28)31-20-13-21(19(25)12-18(16)20)30-15-22(27)26-10-9-24(29)8-5-4-7-17(24)14-26/h11-13,17,29H,2-10,14-15H2,1H3. The van der Waals surface area contributed by atoms with Crippen LogP contribution in [-0.4, -0.2) is 41.2 Å². The zero-order valence-corrected chi connectivity index (χ0v) is 18.7. The zero-order chi connectivity index (χ0) is 22.0. The molecule has 2 aromatic rings. The van der Waals surface area contributed by atoms with Gasteiger partial charge in [-0.05, 0) is 43.7 Å². The van der Waals surface area contributed by atoms with Crippen LogP contribution in [0.2, 0.25) is 5.02 Å². The fourth-order valence-electron chi connectivity index (χ4n) is 4.94. The van der Waals surface area contributed by atoms with Crippen molar-refractivity contribution in [1.82, 2.24) is 4.90 Å². The Morgan fingerprint density at radius 1 is 1.32 bits per heavy atom. The molecule has 2 unspecified atom stereocenters. The van der Waals surface area contributed by atoms with E-state index in [1.54, 1.807) is 17.0 Å². The summed E-state index contributed by atoms with van der Waals surface area (Å²) in [7, 11) is 0. The van der Waals surface area contributed by atoms with E-state index < -0.39 is 11.2 Å². The molecule has 1 aliphatic heterocycles. The molecule has 1 aromatic carbocycles. The second-order valence-electron chi connectivity index (χ2n) is 8.90. The first-order chi connectivity index (χ1) is 14.9. The number of hydrogen-bond donors (Lipinski definition) is 1. The van der Waals surface area contributed by atoms with E-state index >= 15 is 0 Å². The second kappa shape index (κ2) is 9.21. The highest BCUT2D eigenvalue weighted by atomic mass is 35.5. The van der Waals surface area contributed by atoms with Gasteiger partial charge in [-0.1, -0.05) is 37.8 Å². The molecule has 4 rings (SSSR count). The molecule has 2 heterocycles. The van der Waals surface area contributed by atoms with Crippen LogP contribution in [0, 0.1) is 5.92 Å². The molecular formula is C24H30ClNO5. The first-order valence-corrected chi connectivity index (χ1v) is 11.7. The normalized spacial score (nSPS) is 23.6. The molecule has 6 nitrogen and oxygen atoms in total. The van der Waals surface area contributed by atoms with Gasteiger partial charge in [-0.2, -0.15) is 0 Å². The van der Waals surface area contributed by atoms with E-state index in [0.717, 1.165) is 55.9 Å². The van der Waals surface area contributed by atoms with Crippen molar-refractivity contribution in [3.8, 4) is 5.75 Å². The molecule has 2 aliphatic rings. The number of benzene rings is 1. The molecule has 1 aromatic heterocycles. The van der Waals surface area contributed by atoms with Crippen molar-refractivity contribution < 1.29 is 19.1 Å². The van der Waals surface area contributed by atoms with Crippen molar-refractivity contribution in [3.05, 3.63) is 39.2 Å². The van der Waals surface area contributed by atoms with Crippen LogP contribution in [0.1, 0.15) is 57.4 Å². The number of halogens is 1. The molecule has 31 heavy (non-hydrogen) atoms. The van der Waals surface area contributed by atoms with Crippen molar-refractivity contribution in [3.63, 3.8) is 0 Å². The summed E-state index contributed by atoms with van der Waals surface area (Å²) < 4.78 is 11.1. The van der Waals surface area contributed by atoms with Gasteiger partial charge in [-0.3, -0.25) is 4.79 Å². The molecule has 2 fully saturated rings. The van der Waals surface area contributed by atoms with E-state index in [0.29, 0.717) is 35.9 Å². The van der Waals surface area contributed by atoms with Crippen molar-refractivity contribution in [2.24, 2.45) is 5.92 Å². The number of unbranched alkanes of at least 4 members (excludes halogenated alkanes) is 1. The van der Waals surface area contributed by atoms with Gasteiger partial charge in [0.1, 0.15) is 11.3 Å². The van der Waals surface area contributed by atoms with Crippen molar-refractivity contribution >= 4 is 28.5 Å². The number of hydrogen-bond acceptors (Lipinski definition) is 5. The first-order valence-electron chi connectivity index (χ1n) is 11.3. The van der Waals surface area contributed by atoms with Gasteiger partial charge in [-0.15, -0.1) is 0 Å². The highest BCUT2D eigenvalue weighted by Gasteiger charge is 2.43. The van der Waals surface area contributed by atoms with Crippen molar-refractivity contribution in [2.75, 3.05) is 19.7 Å². The zero-order valence-electron chi connectivity index (χ0n) is 18.0. The fourth-order valence-corrected chi connectivity index (χ4v) is 5.16. The Balaban J connectivity index is 1.45. The minimum atomic E-state index is -0.620. The Labute approximate surface area is 187 Å². The Bertz CT molecular complexity index is 1020. The number of carbonyl (C=O) groups excluding carboxylic acids is 1. The van der Waals surface area contributed by atoms with Gasteiger partial charge in [0.15, 0.2) is 6.61 Å². The maximum atomic E-state index is 12.8. The lowest BCUT2D eigenvalue weighted by Crippen LogP contribution is -2.55. The smallest absolute Gasteiger partial charge is 0.336 e. The molecule has 2 atom stereocenters. The summed E-state index contributed by atoms with van der Waals surface area (Å²) in [5, 5.41) is 12.0. The highest BCUT2D eigenvalue weighted by molar-refractivity contribution is 6.32. The number of aryl methyl sites for hydroxylation is 1. The summed E-state index contributed by atoms with van der Waals surface area (Å²) in [4.78, 5) is 26.5. The number of nitrogens with zero attached hydrogens (tertiary/aromatic N) is 1. The van der Waals surface area contributed by atoms with Gasteiger partial charge in [0.25, 0.3) is 5.91 Å². The van der Waals surface area contributed by atoms with Gasteiger partial charge >= 0.3 is 5.63 Å². The summed E-state index contributed by atoms with van der Waals surface area (Å²) in [5.74, 6) is 0.338. The molecule has 1 amide bonds. The summed E-state index contributed by atoms with van der Waals surface area (Å²) in [6.07, 6.45) is 7.32. The van der Waals surface area contributed by atoms with Gasteiger partial charge < -0.3 is 19.2 Å². The average molecular weight is 448 g/mol. The van der Waals surface area contributed by atoms with E-state index in [2.05, 4.69) is 6.92 Å². The molecule has 1 saturated heterocycles. The predicted octanol–water partition coefficient (Wildman–Crippen LogP) is 4.32. The number of fused-ring (bicyclic) bond motifs is 2. The number of likely N-dealkylation sites (tertiary alicyclic amines) is 1. The van der Waals surface area contributed by atoms with E-state index in [4.69, 9.17) is 20.8 Å². The summed E-state index contributed by atoms with van der Waals surface area (Å²) in [6, 6.07) is 4.85. The Morgan fingerprint density at radius 2 is 2.16 bits per heavy atom. The molecule has 1 aliphatic carbocycles. The number of piperidine rings is 1. The Morgan fingerprint density at radius 3 is 2.97 bits per heavy atom. The third kappa shape index (κ3) is 4.75. The predicted molar refractivity (Wildman–Crippen MR) is 120 cm³/mol. The van der Waals surface area contributed by atoms with Gasteiger partial charge in [0, 0.05) is 36.5 Å². The summed E-state index contributed by atoms with van der Waals surface area (Å²) in [5.41, 5.74) is 0.294. The van der Waals surface area contributed by atoms with Crippen molar-refractivity contribution in [1.29, 1.82) is 0 Å². The molecule has 0 radical (unpaired) electrons. The molecule has 1 saturated carbocycles. The van der Waals surface area contributed by atoms with E-state index in [-0.39, 0.29) is 18.4 Å². The van der Waals surface area contributed by atoms with Crippen molar-refractivity contribution in [2.45, 2.75) is 63.9 Å². The maximum absolute atomic E-state index is 12.8. The number of carbonyl (C=O) groups is 1. The van der Waals surface area contributed by atoms with Crippen LogP contribution in [-0.2, 0) is 11.2 Å². The minimum absolute atomic E-state index is 0.123. The Kier molecular flexibility index (Phi) is 6.58. The van der Waals surface area contributed by atoms with Crippen LogP contribution < -0.4 is 10.4 Å². The lowest BCUT2D eigenvalue weighted by molar-refractivity contribution is -0.145. The summed E-state index contributed by atoms with van der Waals surface area (Å²) in [6.45, 7) is 3.06. The first kappa shape index (κ1) is 22.2. The monoisotopic (exact) mass is 447 g/mol. The third-order valence-corrected chi connectivity index (χ3v) is 7.11. The van der Waals surface area contributed by atoms with Gasteiger partial charge in [-0.25, -0.2) is 4.79 Å². The van der Waals surface area contributed by atoms with Crippen LogP contribution in [0.4, 0.5) is 0 Å². The topological polar surface area (TPSA) is 80.0 Å². The second-order valence-corrected chi connectivity index (χ2v) is 9.30. The largest absolute Gasteiger partial charge is 0.482 e. The van der Waals surface area contributed by atoms with Crippen LogP contribution in [0.15, 0.2) is 27.4 Å². The molecule has 7 heteroatoms. The lowest BCUT2D eigenvalue weighted by atomic mass is 9.71. The minimum Gasteiger partial charge on any atom is -0.482 e. The molecule has 0 spiro atoms. The maximum Gasteiger partial charge on any atom is 0.336 e. The van der Waals surface area contributed by atoms with Crippen LogP contribution in [0.5, 0.6) is 5.75 Å². The number of ether oxygens (including phenoxy) is 1. The van der Waals surface area contributed by atoms with Crippen LogP contribution >= 0.6 is 11.6 Å². The lowest BCUT2D eigenvalue weighted by Gasteiger charge is -2.47. The fraction of sp³-hybridized carbons (Fsp3) is 0.583. The summed E-state index contributed by atoms with van der Waals surface area (Å²) >= 11 is 6.42. The Hall–Kier alpha value is -2.05. The number of rotatable bonds is 6. The van der Waals surface area contributed by atoms with Crippen LogP contribution in [0.3, 0.4) is 0 Å².